The second-order valence-corrected chi connectivity index (χ2v) is 6.50. The molecular weight excluding hydrogens is 308 g/mol. The van der Waals surface area contributed by atoms with Gasteiger partial charge in [-0.1, -0.05) is 23.8 Å². The molecule has 0 atom stereocenters. The highest BCUT2D eigenvalue weighted by atomic mass is 32.1. The van der Waals surface area contributed by atoms with Crippen LogP contribution >= 0.6 is 11.3 Å². The van der Waals surface area contributed by atoms with Gasteiger partial charge in [-0.15, -0.1) is 11.3 Å². The first-order valence-corrected chi connectivity index (χ1v) is 8.28. The number of hydrogen-bond donors (Lipinski definition) is 2. The van der Waals surface area contributed by atoms with E-state index in [4.69, 9.17) is 0 Å². The van der Waals surface area contributed by atoms with Gasteiger partial charge in [-0.2, -0.15) is 0 Å². The summed E-state index contributed by atoms with van der Waals surface area (Å²) in [7, 11) is 0. The molecule has 2 N–H and O–H groups in total. The lowest BCUT2D eigenvalue weighted by atomic mass is 10.1. The first kappa shape index (κ1) is 17.0. The van der Waals surface area contributed by atoms with Crippen molar-refractivity contribution >= 4 is 29.2 Å². The van der Waals surface area contributed by atoms with Gasteiger partial charge in [0.05, 0.1) is 0 Å². The number of thiophene rings is 1. The lowest BCUT2D eigenvalue weighted by Gasteiger charge is -2.13. The summed E-state index contributed by atoms with van der Waals surface area (Å²) in [5.41, 5.74) is 1.84. The molecule has 0 aliphatic heterocycles. The molecule has 2 aromatic rings. The average molecular weight is 328 g/mol. The van der Waals surface area contributed by atoms with Crippen LogP contribution in [-0.2, 0) is 4.79 Å². The Hall–Kier alpha value is -2.40. The molecule has 0 aliphatic rings. The van der Waals surface area contributed by atoms with E-state index in [0.717, 1.165) is 10.4 Å². The van der Waals surface area contributed by atoms with Crippen LogP contribution in [0.1, 0.15) is 34.6 Å². The minimum absolute atomic E-state index is 0.00878. The lowest BCUT2D eigenvalue weighted by Crippen LogP contribution is -2.38. The number of aryl methyl sites for hydroxylation is 1. The summed E-state index contributed by atoms with van der Waals surface area (Å²) in [6.07, 6.45) is 1.69. The third-order valence-electron chi connectivity index (χ3n) is 3.06. The molecule has 1 aromatic heterocycles. The van der Waals surface area contributed by atoms with Crippen molar-refractivity contribution < 1.29 is 9.59 Å². The van der Waals surface area contributed by atoms with E-state index in [1.165, 1.54) is 11.3 Å². The topological polar surface area (TPSA) is 58.2 Å². The van der Waals surface area contributed by atoms with Crippen molar-refractivity contribution in [2.45, 2.75) is 26.8 Å². The molecular formula is C18H20N2O2S. The quantitative estimate of drug-likeness (QED) is 0.827. The predicted octanol–water partition coefficient (Wildman–Crippen LogP) is 3.35. The number of hydrogen-bond acceptors (Lipinski definition) is 3. The fraction of sp³-hybridized carbons (Fsp3) is 0.222. The molecule has 0 saturated carbocycles. The van der Waals surface area contributed by atoms with E-state index in [-0.39, 0.29) is 23.6 Å². The van der Waals surface area contributed by atoms with Crippen molar-refractivity contribution in [3.05, 3.63) is 63.5 Å². The maximum Gasteiger partial charge on any atom is 0.268 e. The molecule has 0 unspecified atom stereocenters. The highest BCUT2D eigenvalue weighted by Crippen LogP contribution is 2.13. The van der Waals surface area contributed by atoms with Crippen LogP contribution < -0.4 is 10.6 Å². The van der Waals surface area contributed by atoms with E-state index in [1.807, 2.05) is 50.4 Å². The van der Waals surface area contributed by atoms with Gasteiger partial charge in [0.1, 0.15) is 5.70 Å². The Bertz CT molecular complexity index is 701. The van der Waals surface area contributed by atoms with E-state index in [1.54, 1.807) is 18.2 Å². The van der Waals surface area contributed by atoms with Crippen LogP contribution in [0.25, 0.3) is 6.08 Å². The second kappa shape index (κ2) is 7.74. The third-order valence-corrected chi connectivity index (χ3v) is 3.88. The van der Waals surface area contributed by atoms with Gasteiger partial charge in [0.2, 0.25) is 0 Å². The Labute approximate surface area is 140 Å². The zero-order chi connectivity index (χ0) is 16.8. The summed E-state index contributed by atoms with van der Waals surface area (Å²) in [4.78, 5) is 25.6. The van der Waals surface area contributed by atoms with E-state index >= 15 is 0 Å². The largest absolute Gasteiger partial charge is 0.349 e. The number of rotatable bonds is 5. The zero-order valence-corrected chi connectivity index (χ0v) is 14.2. The van der Waals surface area contributed by atoms with E-state index in [0.29, 0.717) is 5.56 Å². The van der Waals surface area contributed by atoms with Crippen molar-refractivity contribution in [2.24, 2.45) is 0 Å². The normalized spacial score (nSPS) is 11.4. The van der Waals surface area contributed by atoms with Gasteiger partial charge in [0, 0.05) is 16.5 Å². The Morgan fingerprint density at radius 3 is 2.39 bits per heavy atom. The van der Waals surface area contributed by atoms with Gasteiger partial charge in [0.15, 0.2) is 0 Å². The fourth-order valence-corrected chi connectivity index (χ4v) is 2.57. The SMILES string of the molecule is Cc1ccc(C(=O)N/C(=C\c2cccs2)C(=O)NC(C)C)cc1. The summed E-state index contributed by atoms with van der Waals surface area (Å²) >= 11 is 1.50. The Kier molecular flexibility index (Phi) is 5.71. The molecule has 1 aromatic carbocycles. The van der Waals surface area contributed by atoms with Crippen molar-refractivity contribution in [1.29, 1.82) is 0 Å². The van der Waals surface area contributed by atoms with Crippen molar-refractivity contribution in [3.63, 3.8) is 0 Å². The van der Waals surface area contributed by atoms with E-state index in [2.05, 4.69) is 10.6 Å². The Morgan fingerprint density at radius 2 is 1.83 bits per heavy atom. The minimum Gasteiger partial charge on any atom is -0.349 e. The van der Waals surface area contributed by atoms with E-state index < -0.39 is 0 Å². The average Bonchev–Trinajstić information content (AvgIpc) is 2.99. The van der Waals surface area contributed by atoms with Gasteiger partial charge in [0.25, 0.3) is 11.8 Å². The van der Waals surface area contributed by atoms with Gasteiger partial charge >= 0.3 is 0 Å². The first-order chi connectivity index (χ1) is 11.0. The monoisotopic (exact) mass is 328 g/mol. The first-order valence-electron chi connectivity index (χ1n) is 7.40. The molecule has 5 heteroatoms. The molecule has 0 spiro atoms. The second-order valence-electron chi connectivity index (χ2n) is 5.52. The molecule has 0 aliphatic carbocycles. The summed E-state index contributed by atoms with van der Waals surface area (Å²) in [5.74, 6) is -0.597. The van der Waals surface area contributed by atoms with Crippen LogP contribution in [0.3, 0.4) is 0 Å². The number of benzene rings is 1. The van der Waals surface area contributed by atoms with Crippen LogP contribution in [0.15, 0.2) is 47.5 Å². The summed E-state index contributed by atoms with van der Waals surface area (Å²) in [6.45, 7) is 5.71. The highest BCUT2D eigenvalue weighted by molar-refractivity contribution is 7.10. The van der Waals surface area contributed by atoms with Crippen molar-refractivity contribution in [2.75, 3.05) is 0 Å². The van der Waals surface area contributed by atoms with Crippen LogP contribution in [-0.4, -0.2) is 17.9 Å². The highest BCUT2D eigenvalue weighted by Gasteiger charge is 2.15. The molecule has 4 nitrogen and oxygen atoms in total. The number of nitrogens with one attached hydrogen (secondary N) is 2. The maximum absolute atomic E-state index is 12.4. The third kappa shape index (κ3) is 5.07. The standard InChI is InChI=1S/C18H20N2O2S/c1-12(2)19-18(22)16(11-15-5-4-10-23-15)20-17(21)14-8-6-13(3)7-9-14/h4-12H,1-3H3,(H,19,22)(H,20,21)/b16-11-. The van der Waals surface area contributed by atoms with Crippen LogP contribution in [0.4, 0.5) is 0 Å². The molecule has 0 radical (unpaired) electrons. The fourth-order valence-electron chi connectivity index (χ4n) is 1.91. The lowest BCUT2D eigenvalue weighted by molar-refractivity contribution is -0.118. The van der Waals surface area contributed by atoms with E-state index in [9.17, 15) is 9.59 Å². The van der Waals surface area contributed by atoms with Gasteiger partial charge in [-0.25, -0.2) is 0 Å². The predicted molar refractivity (Wildman–Crippen MR) is 94.2 cm³/mol. The molecule has 1 heterocycles. The number of carbonyl (C=O) groups excluding carboxylic acids is 2. The number of amides is 2. The zero-order valence-electron chi connectivity index (χ0n) is 13.4. The summed E-state index contributed by atoms with van der Waals surface area (Å²) in [5, 5.41) is 7.44. The molecule has 120 valence electrons. The number of carbonyl (C=O) groups is 2. The molecule has 2 amide bonds. The molecule has 0 bridgehead atoms. The van der Waals surface area contributed by atoms with Crippen molar-refractivity contribution in [3.8, 4) is 0 Å². The maximum atomic E-state index is 12.4. The van der Waals surface area contributed by atoms with Gasteiger partial charge < -0.3 is 10.6 Å². The summed E-state index contributed by atoms with van der Waals surface area (Å²) < 4.78 is 0. The van der Waals surface area contributed by atoms with Crippen LogP contribution in [0, 0.1) is 6.92 Å². The molecule has 2 rings (SSSR count). The minimum atomic E-state index is -0.299. The Morgan fingerprint density at radius 1 is 1.13 bits per heavy atom. The molecule has 0 fully saturated rings. The Balaban J connectivity index is 2.21. The smallest absolute Gasteiger partial charge is 0.268 e. The van der Waals surface area contributed by atoms with Gasteiger partial charge in [-0.05, 0) is 50.4 Å². The van der Waals surface area contributed by atoms with Crippen LogP contribution in [0.2, 0.25) is 0 Å². The molecule has 23 heavy (non-hydrogen) atoms. The van der Waals surface area contributed by atoms with Gasteiger partial charge in [-0.3, -0.25) is 9.59 Å². The van der Waals surface area contributed by atoms with Crippen LogP contribution in [0.5, 0.6) is 0 Å². The molecule has 0 saturated heterocycles. The summed E-state index contributed by atoms with van der Waals surface area (Å²) in [6, 6.07) is 11.0. The van der Waals surface area contributed by atoms with Crippen molar-refractivity contribution in [1.82, 2.24) is 10.6 Å².